The molecule has 0 saturated heterocycles. The zero-order valence-electron chi connectivity index (χ0n) is 29.2. The Morgan fingerprint density at radius 2 is 1.41 bits per heavy atom. The van der Waals surface area contributed by atoms with Gasteiger partial charge in [-0.05, 0) is 68.3 Å². The number of urea groups is 1. The van der Waals surface area contributed by atoms with Crippen LogP contribution < -0.4 is 31.9 Å². The number of nitrogens with one attached hydrogen (secondary N) is 6. The standard InChI is InChI=1S/C32H57N7O7/c1-21(18-35-27(40)39-26-37-23(3)15-24(4)38-26)16-32(8,9)12-14-34-29(42)45-20-25(5)46-30(43)36-19-22(2)17-31(6,7)11-13-33-28(41)44-10/h15,21-22,25H,3,11-14,16-20H2,1-2,4-10H3,(H,33,41)(H,34,42)(H,36,43)(H3,35,37,38,39,40). The lowest BCUT2D eigenvalue weighted by Gasteiger charge is -2.28. The Morgan fingerprint density at radius 1 is 0.870 bits per heavy atom. The third kappa shape index (κ3) is 18.7. The first-order valence-electron chi connectivity index (χ1n) is 15.8. The summed E-state index contributed by atoms with van der Waals surface area (Å²) in [5, 5.41) is 16.7. The van der Waals surface area contributed by atoms with Gasteiger partial charge in [0.25, 0.3) is 0 Å². The molecule has 0 aromatic carbocycles. The minimum absolute atomic E-state index is 0.0414. The second kappa shape index (κ2) is 19.5. The van der Waals surface area contributed by atoms with E-state index in [1.54, 1.807) is 13.0 Å². The summed E-state index contributed by atoms with van der Waals surface area (Å²) >= 11 is 0. The Labute approximate surface area is 274 Å². The third-order valence-electron chi connectivity index (χ3n) is 7.28. The van der Waals surface area contributed by atoms with E-state index in [4.69, 9.17) is 9.47 Å². The van der Waals surface area contributed by atoms with Crippen molar-refractivity contribution in [2.24, 2.45) is 27.7 Å². The average Bonchev–Trinajstić information content (AvgIpc) is 2.92. The number of hydrogen-bond donors (Lipinski definition) is 6. The third-order valence-corrected chi connectivity index (χ3v) is 7.28. The molecule has 6 N–H and O–H groups in total. The van der Waals surface area contributed by atoms with E-state index >= 15 is 0 Å². The van der Waals surface area contributed by atoms with E-state index in [1.807, 2.05) is 13.8 Å². The molecule has 0 saturated carbocycles. The number of hydrogen-bond acceptors (Lipinski definition) is 9. The van der Waals surface area contributed by atoms with Crippen molar-refractivity contribution >= 4 is 30.3 Å². The number of aliphatic imine (C=N–C) groups is 1. The zero-order chi connectivity index (χ0) is 34.9. The molecule has 5 amide bonds. The highest BCUT2D eigenvalue weighted by atomic mass is 16.6. The van der Waals surface area contributed by atoms with Gasteiger partial charge in [-0.1, -0.05) is 48.1 Å². The molecule has 1 heterocycles. The van der Waals surface area contributed by atoms with E-state index in [0.717, 1.165) is 25.0 Å². The van der Waals surface area contributed by atoms with Gasteiger partial charge in [0.2, 0.25) is 5.96 Å². The molecule has 0 radical (unpaired) electrons. The monoisotopic (exact) mass is 651 g/mol. The maximum absolute atomic E-state index is 12.3. The number of amides is 5. The molecule has 0 aliphatic carbocycles. The molecule has 262 valence electrons. The summed E-state index contributed by atoms with van der Waals surface area (Å²) in [6, 6.07) is -0.351. The molecule has 0 fully saturated rings. The molecule has 0 spiro atoms. The number of nitrogens with zero attached hydrogens (tertiary/aromatic N) is 1. The van der Waals surface area contributed by atoms with Crippen molar-refractivity contribution < 1.29 is 33.4 Å². The van der Waals surface area contributed by atoms with Gasteiger partial charge in [-0.2, -0.15) is 0 Å². The molecule has 3 unspecified atom stereocenters. The maximum atomic E-state index is 12.3. The van der Waals surface area contributed by atoms with E-state index < -0.39 is 24.4 Å². The van der Waals surface area contributed by atoms with Crippen LogP contribution in [0.25, 0.3) is 0 Å². The second-order valence-electron chi connectivity index (χ2n) is 13.7. The lowest BCUT2D eigenvalue weighted by molar-refractivity contribution is 0.0521. The Kier molecular flexibility index (Phi) is 17.0. The molecule has 46 heavy (non-hydrogen) atoms. The van der Waals surface area contributed by atoms with Crippen molar-refractivity contribution in [2.75, 3.05) is 39.9 Å². The van der Waals surface area contributed by atoms with Gasteiger partial charge in [0.05, 0.1) is 7.11 Å². The summed E-state index contributed by atoms with van der Waals surface area (Å²) in [6.07, 6.45) is 2.69. The SMILES string of the molecule is C=C1C=C(C)N=C(NC(=O)NCC(C)CC(C)(C)CCNC(=O)OCC(C)OC(=O)NCC(C)CC(C)(C)CCNC(=O)OC)N1. The summed E-state index contributed by atoms with van der Waals surface area (Å²) in [6.45, 7) is 21.6. The van der Waals surface area contributed by atoms with Crippen LogP contribution in [0.15, 0.2) is 29.0 Å². The number of rotatable bonds is 17. The van der Waals surface area contributed by atoms with Crippen molar-refractivity contribution in [3.8, 4) is 0 Å². The first-order valence-corrected chi connectivity index (χ1v) is 15.8. The number of guanidine groups is 1. The first kappa shape index (κ1) is 40.1. The fraction of sp³-hybridized carbons (Fsp3) is 0.719. The van der Waals surface area contributed by atoms with E-state index in [2.05, 4.69) is 82.8 Å². The van der Waals surface area contributed by atoms with Gasteiger partial charge in [-0.15, -0.1) is 0 Å². The van der Waals surface area contributed by atoms with Crippen LogP contribution in [0.3, 0.4) is 0 Å². The first-order chi connectivity index (χ1) is 21.4. The quantitative estimate of drug-likeness (QED) is 0.122. The zero-order valence-corrected chi connectivity index (χ0v) is 29.2. The Bertz CT molecular complexity index is 1100. The molecule has 14 nitrogen and oxygen atoms in total. The Morgan fingerprint density at radius 3 is 1.96 bits per heavy atom. The molecular formula is C32H57N7O7. The van der Waals surface area contributed by atoms with Crippen LogP contribution in [0, 0.1) is 22.7 Å². The minimum Gasteiger partial charge on any atom is -0.453 e. The van der Waals surface area contributed by atoms with Gasteiger partial charge in [-0.25, -0.2) is 24.2 Å². The maximum Gasteiger partial charge on any atom is 0.407 e. The van der Waals surface area contributed by atoms with Gasteiger partial charge >= 0.3 is 24.3 Å². The predicted octanol–water partition coefficient (Wildman–Crippen LogP) is 4.74. The van der Waals surface area contributed by atoms with Gasteiger partial charge in [0, 0.05) is 37.6 Å². The molecule has 1 aliphatic rings. The number of carbonyl (C=O) groups is 4. The number of methoxy groups -OCH3 is 1. The van der Waals surface area contributed by atoms with E-state index in [-0.39, 0.29) is 35.3 Å². The number of ether oxygens (including phenoxy) is 3. The normalized spacial score (nSPS) is 15.1. The molecule has 14 heteroatoms. The summed E-state index contributed by atoms with van der Waals surface area (Å²) in [5.74, 6) is 0.714. The van der Waals surface area contributed by atoms with Gasteiger partial charge < -0.3 is 40.8 Å². The second-order valence-corrected chi connectivity index (χ2v) is 13.7. The number of carbonyl (C=O) groups excluding carboxylic acids is 4. The average molecular weight is 652 g/mol. The topological polar surface area (TPSA) is 181 Å². The highest BCUT2D eigenvalue weighted by Crippen LogP contribution is 2.29. The molecule has 1 rings (SSSR count). The summed E-state index contributed by atoms with van der Waals surface area (Å²) < 4.78 is 15.1. The van der Waals surface area contributed by atoms with Gasteiger partial charge in [0.15, 0.2) is 0 Å². The fourth-order valence-electron chi connectivity index (χ4n) is 5.23. The van der Waals surface area contributed by atoms with E-state index in [9.17, 15) is 19.2 Å². The van der Waals surface area contributed by atoms with Crippen molar-refractivity contribution in [3.05, 3.63) is 24.0 Å². The molecular weight excluding hydrogens is 594 g/mol. The van der Waals surface area contributed by atoms with Crippen LogP contribution in [-0.2, 0) is 14.2 Å². The largest absolute Gasteiger partial charge is 0.453 e. The highest BCUT2D eigenvalue weighted by molar-refractivity contribution is 5.98. The Hall–Kier alpha value is -3.97. The van der Waals surface area contributed by atoms with Crippen molar-refractivity contribution in [3.63, 3.8) is 0 Å². The smallest absolute Gasteiger partial charge is 0.407 e. The lowest BCUT2D eigenvalue weighted by Crippen LogP contribution is -2.47. The molecule has 0 bridgehead atoms. The summed E-state index contributed by atoms with van der Waals surface area (Å²) in [5.41, 5.74) is 1.27. The van der Waals surface area contributed by atoms with Crippen LogP contribution in [-0.4, -0.2) is 76.3 Å². The Balaban J connectivity index is 2.23. The van der Waals surface area contributed by atoms with Crippen molar-refractivity contribution in [1.82, 2.24) is 31.9 Å². The van der Waals surface area contributed by atoms with Crippen molar-refractivity contribution in [2.45, 2.75) is 87.2 Å². The molecule has 0 aromatic heterocycles. The van der Waals surface area contributed by atoms with Gasteiger partial charge in [0.1, 0.15) is 12.7 Å². The van der Waals surface area contributed by atoms with Crippen LogP contribution in [0.4, 0.5) is 19.2 Å². The number of alkyl carbamates (subject to hydrolysis) is 3. The van der Waals surface area contributed by atoms with Crippen LogP contribution in [0.5, 0.6) is 0 Å². The molecule has 3 atom stereocenters. The van der Waals surface area contributed by atoms with Crippen molar-refractivity contribution in [1.29, 1.82) is 0 Å². The predicted molar refractivity (Wildman–Crippen MR) is 178 cm³/mol. The lowest BCUT2D eigenvalue weighted by atomic mass is 9.80. The summed E-state index contributed by atoms with van der Waals surface area (Å²) in [7, 11) is 1.33. The highest BCUT2D eigenvalue weighted by Gasteiger charge is 2.24. The van der Waals surface area contributed by atoms with Crippen LogP contribution in [0.1, 0.15) is 81.1 Å². The molecule has 0 aromatic rings. The van der Waals surface area contributed by atoms with E-state index in [0.29, 0.717) is 44.3 Å². The van der Waals surface area contributed by atoms with E-state index in [1.165, 1.54) is 7.11 Å². The fourth-order valence-corrected chi connectivity index (χ4v) is 5.23. The van der Waals surface area contributed by atoms with Crippen LogP contribution >= 0.6 is 0 Å². The van der Waals surface area contributed by atoms with Crippen LogP contribution in [0.2, 0.25) is 0 Å². The molecule has 1 aliphatic heterocycles. The summed E-state index contributed by atoms with van der Waals surface area (Å²) in [4.78, 5) is 52.2. The van der Waals surface area contributed by atoms with Gasteiger partial charge in [-0.3, -0.25) is 5.32 Å². The number of allylic oxidation sites excluding steroid dienone is 2. The minimum atomic E-state index is -0.621.